The van der Waals surface area contributed by atoms with Crippen LogP contribution >= 0.6 is 34.9 Å². The Balaban J connectivity index is 1.38. The van der Waals surface area contributed by atoms with Crippen LogP contribution in [0.4, 0.5) is 10.7 Å². The molecule has 1 saturated heterocycles. The van der Waals surface area contributed by atoms with Crippen LogP contribution in [-0.4, -0.2) is 48.3 Å². The lowest BCUT2D eigenvalue weighted by molar-refractivity contribution is -0.115. The molecule has 0 aliphatic carbocycles. The Morgan fingerprint density at radius 3 is 2.76 bits per heavy atom. The summed E-state index contributed by atoms with van der Waals surface area (Å²) in [5, 5.41) is 3.08. The lowest BCUT2D eigenvalue weighted by atomic mass is 10.1. The third kappa shape index (κ3) is 4.85. The van der Waals surface area contributed by atoms with E-state index in [1.165, 1.54) is 12.0 Å². The summed E-state index contributed by atoms with van der Waals surface area (Å²) >= 11 is 4.38. The van der Waals surface area contributed by atoms with E-state index in [1.807, 2.05) is 12.1 Å². The van der Waals surface area contributed by atoms with Gasteiger partial charge in [0.25, 0.3) is 0 Å². The number of methoxy groups -OCH3 is 1. The number of thioether (sulfide) groups is 2. The number of fused-ring (bicyclic) bond motifs is 3. The molecule has 2 aliphatic rings. The molecule has 0 spiro atoms. The third-order valence-electron chi connectivity index (χ3n) is 5.07. The highest BCUT2D eigenvalue weighted by Crippen LogP contribution is 2.46. The van der Waals surface area contributed by atoms with Gasteiger partial charge in [0.1, 0.15) is 20.9 Å². The van der Waals surface area contributed by atoms with Gasteiger partial charge in [-0.25, -0.2) is 20.4 Å². The van der Waals surface area contributed by atoms with Crippen LogP contribution in [0.25, 0.3) is 0 Å². The number of carbonyl (C=O) groups is 3. The SMILES string of the molecule is CCOC(=O)c1c(NC(=O)CCS[C@@H]2NN[C@@H]3Sc4ccccc4N32)sc(C(=O)OC)c1C. The van der Waals surface area contributed by atoms with Gasteiger partial charge in [-0.2, -0.15) is 0 Å². The summed E-state index contributed by atoms with van der Waals surface area (Å²) in [7, 11) is 1.27. The molecule has 0 radical (unpaired) electrons. The number of anilines is 2. The minimum absolute atomic E-state index is 0.0102. The number of ether oxygens (including phenoxy) is 2. The highest BCUT2D eigenvalue weighted by Gasteiger charge is 2.40. The number of nitrogens with one attached hydrogen (secondary N) is 3. The summed E-state index contributed by atoms with van der Waals surface area (Å²) in [5.41, 5.74) is 8.44. The van der Waals surface area contributed by atoms with E-state index in [0.29, 0.717) is 16.3 Å². The van der Waals surface area contributed by atoms with Crippen LogP contribution in [-0.2, 0) is 14.3 Å². The minimum atomic E-state index is -0.580. The molecular formula is C21H24N4O5S3. The lowest BCUT2D eigenvalue weighted by Gasteiger charge is -2.23. The van der Waals surface area contributed by atoms with E-state index < -0.39 is 11.9 Å². The highest BCUT2D eigenvalue weighted by molar-refractivity contribution is 8.01. The molecule has 3 heterocycles. The first-order valence-corrected chi connectivity index (χ1v) is 13.0. The number of amides is 1. The molecule has 12 heteroatoms. The number of carbonyl (C=O) groups excluding carboxylic acids is 3. The van der Waals surface area contributed by atoms with Crippen LogP contribution in [0.5, 0.6) is 0 Å². The molecule has 0 bridgehead atoms. The van der Waals surface area contributed by atoms with E-state index >= 15 is 0 Å². The molecule has 1 fully saturated rings. The molecule has 1 aromatic heterocycles. The molecule has 176 valence electrons. The maximum atomic E-state index is 12.7. The second kappa shape index (κ2) is 10.3. The second-order valence-corrected chi connectivity index (χ2v) is 10.5. The van der Waals surface area contributed by atoms with E-state index in [9.17, 15) is 14.4 Å². The molecule has 2 aromatic rings. The summed E-state index contributed by atoms with van der Waals surface area (Å²) in [6, 6.07) is 8.23. The zero-order valence-electron chi connectivity index (χ0n) is 18.3. The summed E-state index contributed by atoms with van der Waals surface area (Å²) in [5.74, 6) is -0.824. The van der Waals surface area contributed by atoms with Crippen molar-refractivity contribution in [1.29, 1.82) is 0 Å². The lowest BCUT2D eigenvalue weighted by Crippen LogP contribution is -2.34. The molecule has 2 aliphatic heterocycles. The van der Waals surface area contributed by atoms with Crippen LogP contribution in [0.3, 0.4) is 0 Å². The number of thiophene rings is 1. The molecular weight excluding hydrogens is 484 g/mol. The van der Waals surface area contributed by atoms with Gasteiger partial charge in [0.2, 0.25) is 5.91 Å². The molecule has 4 rings (SSSR count). The average Bonchev–Trinajstić information content (AvgIpc) is 3.45. The van der Waals surface area contributed by atoms with E-state index in [1.54, 1.807) is 37.4 Å². The van der Waals surface area contributed by atoms with Crippen LogP contribution in [0.1, 0.15) is 38.9 Å². The molecule has 9 nitrogen and oxygen atoms in total. The molecule has 0 unspecified atom stereocenters. The third-order valence-corrected chi connectivity index (χ3v) is 8.53. The molecule has 3 N–H and O–H groups in total. The highest BCUT2D eigenvalue weighted by atomic mass is 32.2. The zero-order chi connectivity index (χ0) is 23.5. The van der Waals surface area contributed by atoms with Gasteiger partial charge in [-0.1, -0.05) is 23.9 Å². The number of rotatable bonds is 8. The molecule has 33 heavy (non-hydrogen) atoms. The number of nitrogens with zero attached hydrogens (tertiary/aromatic N) is 1. The smallest absolute Gasteiger partial charge is 0.348 e. The van der Waals surface area contributed by atoms with E-state index in [0.717, 1.165) is 17.0 Å². The first-order valence-electron chi connectivity index (χ1n) is 10.3. The fraction of sp³-hybridized carbons (Fsp3) is 0.381. The van der Waals surface area contributed by atoms with Gasteiger partial charge in [-0.15, -0.1) is 23.1 Å². The number of esters is 2. The molecule has 1 aromatic carbocycles. The summed E-state index contributed by atoms with van der Waals surface area (Å²) in [4.78, 5) is 40.9. The van der Waals surface area contributed by atoms with Gasteiger partial charge in [0.05, 0.1) is 25.0 Å². The average molecular weight is 509 g/mol. The number of benzene rings is 1. The first-order chi connectivity index (χ1) is 15.9. The van der Waals surface area contributed by atoms with Crippen molar-refractivity contribution in [3.05, 3.63) is 40.3 Å². The summed E-state index contributed by atoms with van der Waals surface area (Å²) in [6.45, 7) is 3.53. The largest absolute Gasteiger partial charge is 0.465 e. The Kier molecular flexibility index (Phi) is 7.49. The predicted octanol–water partition coefficient (Wildman–Crippen LogP) is 3.37. The maximum Gasteiger partial charge on any atom is 0.348 e. The Hall–Kier alpha value is -2.25. The monoisotopic (exact) mass is 508 g/mol. The van der Waals surface area contributed by atoms with Gasteiger partial charge in [-0.05, 0) is 31.5 Å². The quantitative estimate of drug-likeness (QED) is 0.459. The van der Waals surface area contributed by atoms with Gasteiger partial charge >= 0.3 is 11.9 Å². The van der Waals surface area contributed by atoms with Crippen molar-refractivity contribution < 1.29 is 23.9 Å². The zero-order valence-corrected chi connectivity index (χ0v) is 20.7. The number of hydrogen-bond acceptors (Lipinski definition) is 11. The van der Waals surface area contributed by atoms with Crippen molar-refractivity contribution in [3.8, 4) is 0 Å². The topological polar surface area (TPSA) is 109 Å². The van der Waals surface area contributed by atoms with E-state index in [4.69, 9.17) is 9.47 Å². The Morgan fingerprint density at radius 2 is 2.00 bits per heavy atom. The van der Waals surface area contributed by atoms with Crippen molar-refractivity contribution in [1.82, 2.24) is 10.9 Å². The van der Waals surface area contributed by atoms with Crippen molar-refractivity contribution in [2.75, 3.05) is 29.7 Å². The van der Waals surface area contributed by atoms with Crippen molar-refractivity contribution in [2.45, 2.75) is 36.2 Å². The summed E-state index contributed by atoms with van der Waals surface area (Å²) in [6.07, 6.45) is 0.239. The van der Waals surface area contributed by atoms with Crippen LogP contribution in [0, 0.1) is 6.92 Å². The molecule has 1 amide bonds. The fourth-order valence-electron chi connectivity index (χ4n) is 3.55. The molecule has 2 atom stereocenters. The van der Waals surface area contributed by atoms with Crippen LogP contribution < -0.4 is 21.1 Å². The van der Waals surface area contributed by atoms with Gasteiger partial charge in [0.15, 0.2) is 0 Å². The van der Waals surface area contributed by atoms with E-state index in [-0.39, 0.29) is 40.4 Å². The Bertz CT molecular complexity index is 1080. The van der Waals surface area contributed by atoms with E-state index in [2.05, 4.69) is 33.2 Å². The standard InChI is InChI=1S/C21H24N4O5S3/c1-4-30-18(27)15-11(2)16(19(28)29-3)33-17(15)22-14(26)9-10-31-20-23-24-21-25(20)12-7-5-6-8-13(12)32-21/h5-8,20-21,23-24H,4,9-10H2,1-3H3,(H,22,26)/t20-,21+/m1/s1. The van der Waals surface area contributed by atoms with Gasteiger partial charge < -0.3 is 19.7 Å². The maximum absolute atomic E-state index is 12.7. The first kappa shape index (κ1) is 23.9. The Labute approximate surface area is 203 Å². The number of hydrogen-bond donors (Lipinski definition) is 3. The number of para-hydroxylation sites is 1. The van der Waals surface area contributed by atoms with Crippen LogP contribution in [0.2, 0.25) is 0 Å². The van der Waals surface area contributed by atoms with Crippen molar-refractivity contribution >= 4 is 63.4 Å². The normalized spacial score (nSPS) is 18.6. The fourth-order valence-corrected chi connectivity index (χ4v) is 6.99. The molecule has 0 saturated carbocycles. The Morgan fingerprint density at radius 1 is 1.21 bits per heavy atom. The van der Waals surface area contributed by atoms with Crippen molar-refractivity contribution in [3.63, 3.8) is 0 Å². The number of hydrazine groups is 1. The predicted molar refractivity (Wildman–Crippen MR) is 131 cm³/mol. The second-order valence-electron chi connectivity index (χ2n) is 7.13. The summed E-state index contributed by atoms with van der Waals surface area (Å²) < 4.78 is 9.91. The van der Waals surface area contributed by atoms with Gasteiger partial charge in [0, 0.05) is 17.1 Å². The minimum Gasteiger partial charge on any atom is -0.465 e. The van der Waals surface area contributed by atoms with Crippen LogP contribution in [0.15, 0.2) is 29.2 Å². The van der Waals surface area contributed by atoms with Crippen molar-refractivity contribution in [2.24, 2.45) is 0 Å². The van der Waals surface area contributed by atoms with Gasteiger partial charge in [-0.3, -0.25) is 4.79 Å².